The molecule has 1 rings (SSSR count). The lowest BCUT2D eigenvalue weighted by Crippen LogP contribution is -2.31. The first-order chi connectivity index (χ1) is 7.19. The first kappa shape index (κ1) is 11.8. The van der Waals surface area contributed by atoms with Gasteiger partial charge in [-0.3, -0.25) is 4.79 Å². The van der Waals surface area contributed by atoms with Crippen LogP contribution >= 0.6 is 15.9 Å². The van der Waals surface area contributed by atoms with Crippen LogP contribution in [0.1, 0.15) is 17.3 Å². The molecule has 3 heteroatoms. The molecule has 15 heavy (non-hydrogen) atoms. The number of hydrogen-bond acceptors (Lipinski definition) is 1. The molecule has 0 atom stereocenters. The van der Waals surface area contributed by atoms with Crippen LogP contribution in [0.3, 0.4) is 0 Å². The highest BCUT2D eigenvalue weighted by Gasteiger charge is 2.12. The van der Waals surface area contributed by atoms with E-state index < -0.39 is 0 Å². The van der Waals surface area contributed by atoms with E-state index in [0.717, 1.165) is 4.47 Å². The molecule has 0 heterocycles. The molecule has 0 radical (unpaired) electrons. The molecule has 0 spiro atoms. The normalized spacial score (nSPS) is 9.40. The number of rotatable bonds is 3. The minimum atomic E-state index is -0.0308. The van der Waals surface area contributed by atoms with Gasteiger partial charge in [0.1, 0.15) is 0 Å². The van der Waals surface area contributed by atoms with Gasteiger partial charge < -0.3 is 4.90 Å². The molecule has 2 nitrogen and oxygen atoms in total. The summed E-state index contributed by atoms with van der Waals surface area (Å²) in [6, 6.07) is 7.29. The highest BCUT2D eigenvalue weighted by Crippen LogP contribution is 2.13. The van der Waals surface area contributed by atoms with Crippen LogP contribution in [-0.4, -0.2) is 23.9 Å². The van der Waals surface area contributed by atoms with E-state index in [2.05, 4.69) is 21.9 Å². The first-order valence-electron chi connectivity index (χ1n) is 4.67. The van der Waals surface area contributed by atoms with Crippen LogP contribution in [0.15, 0.2) is 28.7 Å². The van der Waals surface area contributed by atoms with E-state index in [1.165, 1.54) is 0 Å². The predicted octanol–water partition coefficient (Wildman–Crippen LogP) is 2.54. The van der Waals surface area contributed by atoms with Crippen LogP contribution in [0.5, 0.6) is 0 Å². The van der Waals surface area contributed by atoms with Gasteiger partial charge >= 0.3 is 0 Å². The van der Waals surface area contributed by atoms with Gasteiger partial charge in [-0.2, -0.15) is 0 Å². The van der Waals surface area contributed by atoms with Crippen molar-refractivity contribution in [3.05, 3.63) is 34.3 Å². The fourth-order valence-electron chi connectivity index (χ4n) is 1.24. The number of terminal acetylenes is 1. The van der Waals surface area contributed by atoms with Crippen LogP contribution in [0.4, 0.5) is 0 Å². The maximum absolute atomic E-state index is 11.9. The molecule has 0 aliphatic heterocycles. The van der Waals surface area contributed by atoms with Crippen LogP contribution in [0.25, 0.3) is 0 Å². The minimum absolute atomic E-state index is 0.0308. The number of carbonyl (C=O) groups is 1. The Morgan fingerprint density at radius 2 is 2.33 bits per heavy atom. The highest BCUT2D eigenvalue weighted by molar-refractivity contribution is 9.10. The Labute approximate surface area is 98.4 Å². The number of amides is 1. The standard InChI is InChI=1S/C12H12BrNO/c1-3-8-14(4-2)12(15)10-6-5-7-11(13)9-10/h1,5-7,9H,4,8H2,2H3. The second-order valence-corrected chi connectivity index (χ2v) is 3.95. The third kappa shape index (κ3) is 3.10. The summed E-state index contributed by atoms with van der Waals surface area (Å²) in [4.78, 5) is 13.6. The van der Waals surface area contributed by atoms with Crippen molar-refractivity contribution in [1.29, 1.82) is 0 Å². The zero-order valence-electron chi connectivity index (χ0n) is 8.53. The molecule has 0 aliphatic rings. The summed E-state index contributed by atoms with van der Waals surface area (Å²) < 4.78 is 0.894. The molecular formula is C12H12BrNO. The van der Waals surface area contributed by atoms with E-state index in [4.69, 9.17) is 6.42 Å². The van der Waals surface area contributed by atoms with Gasteiger partial charge in [-0.15, -0.1) is 6.42 Å². The zero-order valence-corrected chi connectivity index (χ0v) is 10.1. The molecule has 0 aromatic heterocycles. The molecule has 0 N–H and O–H groups in total. The number of halogens is 1. The van der Waals surface area contributed by atoms with E-state index in [9.17, 15) is 4.79 Å². The van der Waals surface area contributed by atoms with Crippen LogP contribution in [-0.2, 0) is 0 Å². The van der Waals surface area contributed by atoms with Gasteiger partial charge in [0.25, 0.3) is 5.91 Å². The molecule has 0 saturated heterocycles. The molecule has 1 amide bonds. The topological polar surface area (TPSA) is 20.3 Å². The van der Waals surface area contributed by atoms with Crippen LogP contribution in [0, 0.1) is 12.3 Å². The van der Waals surface area contributed by atoms with E-state index in [0.29, 0.717) is 18.7 Å². The summed E-state index contributed by atoms with van der Waals surface area (Å²) >= 11 is 3.33. The van der Waals surface area contributed by atoms with Crippen molar-refractivity contribution in [2.75, 3.05) is 13.1 Å². The van der Waals surface area contributed by atoms with E-state index in [1.807, 2.05) is 19.1 Å². The third-order valence-corrected chi connectivity index (χ3v) is 2.52. The minimum Gasteiger partial charge on any atom is -0.328 e. The largest absolute Gasteiger partial charge is 0.328 e. The molecule has 0 fully saturated rings. The van der Waals surface area contributed by atoms with Gasteiger partial charge in [-0.1, -0.05) is 27.9 Å². The summed E-state index contributed by atoms with van der Waals surface area (Å²) in [5.74, 6) is 2.45. The average Bonchev–Trinajstić information content (AvgIpc) is 2.25. The van der Waals surface area contributed by atoms with Gasteiger partial charge in [-0.25, -0.2) is 0 Å². The molecule has 78 valence electrons. The Balaban J connectivity index is 2.88. The summed E-state index contributed by atoms with van der Waals surface area (Å²) in [5, 5.41) is 0. The molecule has 0 aliphatic carbocycles. The second-order valence-electron chi connectivity index (χ2n) is 3.03. The van der Waals surface area contributed by atoms with Crippen molar-refractivity contribution < 1.29 is 4.79 Å². The Hall–Kier alpha value is -1.27. The van der Waals surface area contributed by atoms with Crippen molar-refractivity contribution in [1.82, 2.24) is 4.90 Å². The lowest BCUT2D eigenvalue weighted by molar-refractivity contribution is 0.0785. The van der Waals surface area contributed by atoms with Gasteiger partial charge in [0.15, 0.2) is 0 Å². The predicted molar refractivity (Wildman–Crippen MR) is 64.6 cm³/mol. The third-order valence-electron chi connectivity index (χ3n) is 2.02. The van der Waals surface area contributed by atoms with Crippen molar-refractivity contribution >= 4 is 21.8 Å². The molecule has 0 unspecified atom stereocenters. The van der Waals surface area contributed by atoms with E-state index in [-0.39, 0.29) is 5.91 Å². The van der Waals surface area contributed by atoms with Gasteiger partial charge in [-0.05, 0) is 25.1 Å². The lowest BCUT2D eigenvalue weighted by atomic mass is 10.2. The van der Waals surface area contributed by atoms with Gasteiger partial charge in [0.2, 0.25) is 0 Å². The van der Waals surface area contributed by atoms with Crippen molar-refractivity contribution in [3.63, 3.8) is 0 Å². The Bertz CT molecular complexity index is 395. The lowest BCUT2D eigenvalue weighted by Gasteiger charge is -2.17. The number of hydrogen-bond donors (Lipinski definition) is 0. The van der Waals surface area contributed by atoms with Gasteiger partial charge in [0.05, 0.1) is 6.54 Å². The summed E-state index contributed by atoms with van der Waals surface area (Å²) in [6.45, 7) is 2.88. The number of carbonyl (C=O) groups excluding carboxylic acids is 1. The maximum Gasteiger partial charge on any atom is 0.254 e. The molecule has 1 aromatic rings. The van der Waals surface area contributed by atoms with E-state index in [1.54, 1.807) is 17.0 Å². The first-order valence-corrected chi connectivity index (χ1v) is 5.46. The van der Waals surface area contributed by atoms with Crippen molar-refractivity contribution in [2.45, 2.75) is 6.92 Å². The monoisotopic (exact) mass is 265 g/mol. The second kappa shape index (κ2) is 5.57. The number of nitrogens with zero attached hydrogens (tertiary/aromatic N) is 1. The fraction of sp³-hybridized carbons (Fsp3) is 0.250. The Kier molecular flexibility index (Phi) is 4.38. The smallest absolute Gasteiger partial charge is 0.254 e. The van der Waals surface area contributed by atoms with Crippen LogP contribution in [0.2, 0.25) is 0 Å². The molecular weight excluding hydrogens is 254 g/mol. The Morgan fingerprint density at radius 3 is 2.87 bits per heavy atom. The SMILES string of the molecule is C#CCN(CC)C(=O)c1cccc(Br)c1. The van der Waals surface area contributed by atoms with Crippen molar-refractivity contribution in [2.24, 2.45) is 0 Å². The molecule has 0 bridgehead atoms. The van der Waals surface area contributed by atoms with Crippen LogP contribution < -0.4 is 0 Å². The van der Waals surface area contributed by atoms with Crippen molar-refractivity contribution in [3.8, 4) is 12.3 Å². The maximum atomic E-state index is 11.9. The summed E-state index contributed by atoms with van der Waals surface area (Å²) in [7, 11) is 0. The molecule has 0 saturated carbocycles. The number of benzene rings is 1. The fourth-order valence-corrected chi connectivity index (χ4v) is 1.64. The zero-order chi connectivity index (χ0) is 11.3. The molecule has 1 aromatic carbocycles. The summed E-state index contributed by atoms with van der Waals surface area (Å²) in [5.41, 5.74) is 0.654. The van der Waals surface area contributed by atoms with E-state index >= 15 is 0 Å². The van der Waals surface area contributed by atoms with Gasteiger partial charge in [0, 0.05) is 16.6 Å². The quantitative estimate of drug-likeness (QED) is 0.770. The average molecular weight is 266 g/mol. The highest BCUT2D eigenvalue weighted by atomic mass is 79.9. The Morgan fingerprint density at radius 1 is 1.60 bits per heavy atom. The summed E-state index contributed by atoms with van der Waals surface area (Å²) in [6.07, 6.45) is 5.20.